The highest BCUT2D eigenvalue weighted by atomic mass is 35.9. The minimum Gasteiger partial charge on any atom is -0.237 e. The molecule has 0 unspecified atom stereocenters. The molecule has 0 aromatic rings. The molecule has 92 valence electrons. The number of halogens is 4. The number of hydrogen-bond acceptors (Lipinski definition) is 5. The summed E-state index contributed by atoms with van der Waals surface area (Å²) >= 11 is 24.4. The Kier molecular flexibility index (Phi) is 3.10. The van der Waals surface area contributed by atoms with Crippen molar-refractivity contribution >= 4 is 64.3 Å². The van der Waals surface area contributed by atoms with E-state index in [4.69, 9.17) is 45.0 Å². The van der Waals surface area contributed by atoms with Crippen molar-refractivity contribution in [2.24, 2.45) is 13.5 Å². The van der Waals surface area contributed by atoms with Gasteiger partial charge in [-0.2, -0.15) is 13.5 Å². The molecular weight excluding hydrogens is 353 g/mol. The molecule has 2 fully saturated rings. The first kappa shape index (κ1) is 12.8. The minimum atomic E-state index is -2.76. The molecule has 16 heavy (non-hydrogen) atoms. The molecule has 0 saturated carbocycles. The van der Waals surface area contributed by atoms with Gasteiger partial charge in [0.1, 0.15) is 0 Å². The lowest BCUT2D eigenvalue weighted by molar-refractivity contribution is 0.779. The summed E-state index contributed by atoms with van der Waals surface area (Å²) in [7, 11) is -2.16. The van der Waals surface area contributed by atoms with Crippen molar-refractivity contribution in [3.8, 4) is 0 Å². The van der Waals surface area contributed by atoms with Crippen LogP contribution in [-0.2, 0) is 0 Å². The van der Waals surface area contributed by atoms with E-state index in [-0.39, 0.29) is 0 Å². The summed E-state index contributed by atoms with van der Waals surface area (Å²) in [6.45, 7) is 3.83. The van der Waals surface area contributed by atoms with Crippen LogP contribution in [0.4, 0.5) is 0 Å². The van der Waals surface area contributed by atoms with Gasteiger partial charge in [0.25, 0.3) is 11.8 Å². The molecule has 0 N–H and O–H groups in total. The largest absolute Gasteiger partial charge is 0.257 e. The Labute approximate surface area is 113 Å². The molecule has 0 spiro atoms. The molecule has 0 aromatic carbocycles. The van der Waals surface area contributed by atoms with Gasteiger partial charge in [0, 0.05) is 26.2 Å². The average Bonchev–Trinajstić information content (AvgIpc) is 2.94. The second kappa shape index (κ2) is 3.88. The zero-order chi connectivity index (χ0) is 11.6. The van der Waals surface area contributed by atoms with Crippen LogP contribution in [-0.4, -0.2) is 35.5 Å². The van der Waals surface area contributed by atoms with E-state index >= 15 is 0 Å². The molecule has 0 bridgehead atoms. The van der Waals surface area contributed by atoms with Gasteiger partial charge in [-0.25, -0.2) is 9.34 Å². The lowest BCUT2D eigenvalue weighted by Gasteiger charge is -2.28. The van der Waals surface area contributed by atoms with E-state index < -0.39 is 19.3 Å². The third-order valence-electron chi connectivity index (χ3n) is 2.28. The van der Waals surface area contributed by atoms with Crippen molar-refractivity contribution in [2.45, 2.75) is 0 Å². The molecule has 0 amide bonds. The molecule has 3 rings (SSSR count). The highest BCUT2D eigenvalue weighted by molar-refractivity contribution is 8.20. The lowest BCUT2D eigenvalue weighted by Crippen LogP contribution is -2.02. The van der Waals surface area contributed by atoms with Crippen LogP contribution in [0.15, 0.2) is 13.5 Å². The molecule has 3 heterocycles. The van der Waals surface area contributed by atoms with Gasteiger partial charge in [0.2, 0.25) is 7.51 Å². The van der Waals surface area contributed by atoms with E-state index in [9.17, 15) is 0 Å². The Bertz CT molecular complexity index is 472. The molecule has 5 nitrogen and oxygen atoms in total. The SMILES string of the molecule is ClP1(Cl)=NP(Cl)(Cl)=NP(N2CC2)(N2CC2)=N1. The maximum atomic E-state index is 6.10. The van der Waals surface area contributed by atoms with Crippen LogP contribution in [0, 0.1) is 0 Å². The van der Waals surface area contributed by atoms with Gasteiger partial charge in [0.15, 0.2) is 0 Å². The van der Waals surface area contributed by atoms with E-state index in [1.54, 1.807) is 0 Å². The molecule has 0 radical (unpaired) electrons. The third-order valence-corrected chi connectivity index (χ3v) is 14.8. The van der Waals surface area contributed by atoms with Crippen LogP contribution in [0.25, 0.3) is 0 Å². The lowest BCUT2D eigenvalue weighted by atomic mass is 11.0. The fraction of sp³-hybridized carbons (Fsp3) is 1.00. The molecule has 3 aliphatic heterocycles. The Hall–Kier alpha value is 1.77. The van der Waals surface area contributed by atoms with Crippen LogP contribution < -0.4 is 0 Å². The van der Waals surface area contributed by atoms with Gasteiger partial charge in [-0.05, 0) is 45.0 Å². The number of nitrogens with zero attached hydrogens (tertiary/aromatic N) is 5. The van der Waals surface area contributed by atoms with Gasteiger partial charge in [-0.3, -0.25) is 0 Å². The summed E-state index contributed by atoms with van der Waals surface area (Å²) in [5.41, 5.74) is 0. The smallest absolute Gasteiger partial charge is 0.237 e. The van der Waals surface area contributed by atoms with Crippen LogP contribution >= 0.6 is 64.3 Å². The second-order valence-electron chi connectivity index (χ2n) is 3.62. The van der Waals surface area contributed by atoms with Gasteiger partial charge >= 0.3 is 0 Å². The zero-order valence-electron chi connectivity index (χ0n) is 7.92. The van der Waals surface area contributed by atoms with E-state index in [1.807, 2.05) is 0 Å². The standard InChI is InChI=1S/C4H8Cl4N5P3/c5-14(6)9-15(7,8)11-16(10-14,12-1-2-12)13-3-4-13/h1-4H2. The summed E-state index contributed by atoms with van der Waals surface area (Å²) in [5, 5.41) is 0. The first-order chi connectivity index (χ1) is 7.33. The molecule has 3 aliphatic rings. The van der Waals surface area contributed by atoms with Crippen LogP contribution in [0.1, 0.15) is 0 Å². The first-order valence-electron chi connectivity index (χ1n) is 4.54. The highest BCUT2D eigenvalue weighted by Gasteiger charge is 2.49. The van der Waals surface area contributed by atoms with Crippen LogP contribution in [0.3, 0.4) is 0 Å². The fourth-order valence-electron chi connectivity index (χ4n) is 1.50. The van der Waals surface area contributed by atoms with Crippen molar-refractivity contribution in [1.29, 1.82) is 0 Å². The Morgan fingerprint density at radius 1 is 0.688 bits per heavy atom. The Morgan fingerprint density at radius 3 is 1.50 bits per heavy atom. The van der Waals surface area contributed by atoms with Crippen LogP contribution in [0.2, 0.25) is 0 Å². The van der Waals surface area contributed by atoms with E-state index in [2.05, 4.69) is 22.9 Å². The van der Waals surface area contributed by atoms with Gasteiger partial charge < -0.3 is 0 Å². The maximum absolute atomic E-state index is 6.10. The van der Waals surface area contributed by atoms with Crippen molar-refractivity contribution in [2.75, 3.05) is 26.2 Å². The van der Waals surface area contributed by atoms with Crippen molar-refractivity contribution in [1.82, 2.24) is 9.34 Å². The molecule has 0 aliphatic carbocycles. The van der Waals surface area contributed by atoms with E-state index in [1.165, 1.54) is 0 Å². The van der Waals surface area contributed by atoms with Crippen LogP contribution in [0.5, 0.6) is 0 Å². The maximum Gasteiger partial charge on any atom is 0.257 e. The van der Waals surface area contributed by atoms with Gasteiger partial charge in [-0.15, -0.1) is 0 Å². The minimum absolute atomic E-state index is 0.957. The van der Waals surface area contributed by atoms with Gasteiger partial charge in [-0.1, -0.05) is 0 Å². The quantitative estimate of drug-likeness (QED) is 0.487. The first-order valence-corrected chi connectivity index (χ1v) is 13.2. The van der Waals surface area contributed by atoms with Crippen molar-refractivity contribution in [3.05, 3.63) is 0 Å². The third kappa shape index (κ3) is 2.41. The zero-order valence-corrected chi connectivity index (χ0v) is 13.6. The second-order valence-corrected chi connectivity index (χ2v) is 16.5. The molecule has 0 atom stereocenters. The topological polar surface area (TPSA) is 43.1 Å². The Balaban J connectivity index is 2.23. The normalized spacial score (nSPS) is 34.5. The summed E-state index contributed by atoms with van der Waals surface area (Å²) in [6.07, 6.45) is 0. The highest BCUT2D eigenvalue weighted by Crippen LogP contribution is 2.87. The molecule has 0 aromatic heterocycles. The monoisotopic (exact) mass is 359 g/mol. The van der Waals surface area contributed by atoms with Crippen molar-refractivity contribution < 1.29 is 0 Å². The average molecular weight is 361 g/mol. The summed E-state index contributed by atoms with van der Waals surface area (Å²) in [4.78, 5) is 0. The molecular formula is C4H8Cl4N5P3. The predicted octanol–water partition coefficient (Wildman–Crippen LogP) is 5.43. The van der Waals surface area contributed by atoms with E-state index in [0.717, 1.165) is 26.2 Å². The van der Waals surface area contributed by atoms with E-state index in [0.29, 0.717) is 0 Å². The molecule has 2 saturated heterocycles. The fourth-order valence-corrected chi connectivity index (χ4v) is 17.7. The molecule has 12 heteroatoms. The predicted molar refractivity (Wildman–Crippen MR) is 74.6 cm³/mol. The van der Waals surface area contributed by atoms with Crippen molar-refractivity contribution in [3.63, 3.8) is 0 Å². The summed E-state index contributed by atoms with van der Waals surface area (Å²) in [5.74, 6) is -5.51. The number of rotatable bonds is 2. The number of hydrogen-bond donors (Lipinski definition) is 0. The summed E-state index contributed by atoms with van der Waals surface area (Å²) in [6, 6.07) is 0. The van der Waals surface area contributed by atoms with Gasteiger partial charge in [0.05, 0.1) is 0 Å². The Morgan fingerprint density at radius 2 is 1.12 bits per heavy atom. The summed E-state index contributed by atoms with van der Waals surface area (Å²) < 4.78 is 17.3.